The molecule has 5 heteroatoms. The van der Waals surface area contributed by atoms with E-state index in [9.17, 15) is 0 Å². The average Bonchev–Trinajstić information content (AvgIpc) is 3.00. The molecule has 0 aliphatic carbocycles. The van der Waals surface area contributed by atoms with E-state index in [1.54, 1.807) is 4.68 Å². The van der Waals surface area contributed by atoms with Crippen LogP contribution in [0, 0.1) is 11.3 Å². The largest absolute Gasteiger partial charge is 0.317 e. The molecule has 0 saturated carbocycles. The summed E-state index contributed by atoms with van der Waals surface area (Å²) < 4.78 is 3.94. The van der Waals surface area contributed by atoms with Crippen LogP contribution in [-0.4, -0.2) is 19.3 Å². The Balaban J connectivity index is 2.35. The van der Waals surface area contributed by atoms with Crippen LogP contribution < -0.4 is 0 Å². The number of imidazole rings is 1. The SMILES string of the molecule is Cn1ccc(-c2nc3cc(C#N)ccc3n2C(C)(C)C)n1. The lowest BCUT2D eigenvalue weighted by atomic mass is 10.1. The Hall–Kier alpha value is -2.61. The Kier molecular flexibility index (Phi) is 2.84. The van der Waals surface area contributed by atoms with Crippen LogP contribution in [0.1, 0.15) is 26.3 Å². The number of nitriles is 1. The minimum absolute atomic E-state index is 0.129. The van der Waals surface area contributed by atoms with Crippen molar-refractivity contribution in [1.82, 2.24) is 19.3 Å². The number of fused-ring (bicyclic) bond motifs is 1. The summed E-state index contributed by atoms with van der Waals surface area (Å²) in [7, 11) is 1.89. The highest BCUT2D eigenvalue weighted by molar-refractivity contribution is 5.81. The second kappa shape index (κ2) is 4.45. The first kappa shape index (κ1) is 13.4. The molecule has 0 saturated heterocycles. The summed E-state index contributed by atoms with van der Waals surface area (Å²) in [6, 6.07) is 9.72. The Morgan fingerprint density at radius 1 is 1.19 bits per heavy atom. The van der Waals surface area contributed by atoms with Gasteiger partial charge < -0.3 is 4.57 Å². The monoisotopic (exact) mass is 279 g/mol. The standard InChI is InChI=1S/C16H17N5/c1-16(2,3)21-14-6-5-11(10-17)9-13(14)18-15(21)12-7-8-20(4)19-12/h5-9H,1-4H3. The number of aromatic nitrogens is 4. The summed E-state index contributed by atoms with van der Waals surface area (Å²) in [4.78, 5) is 4.71. The molecule has 0 atom stereocenters. The molecule has 0 spiro atoms. The van der Waals surface area contributed by atoms with Gasteiger partial charge in [0.25, 0.3) is 0 Å². The summed E-state index contributed by atoms with van der Waals surface area (Å²) in [6.07, 6.45) is 1.91. The first-order valence-electron chi connectivity index (χ1n) is 6.83. The highest BCUT2D eigenvalue weighted by atomic mass is 15.3. The van der Waals surface area contributed by atoms with Crippen LogP contribution in [0.5, 0.6) is 0 Å². The molecule has 0 aliphatic heterocycles. The zero-order valence-corrected chi connectivity index (χ0v) is 12.6. The topological polar surface area (TPSA) is 59.4 Å². The maximum absolute atomic E-state index is 9.05. The highest BCUT2D eigenvalue weighted by Gasteiger charge is 2.23. The minimum Gasteiger partial charge on any atom is -0.317 e. The molecule has 5 nitrogen and oxygen atoms in total. The summed E-state index contributed by atoms with van der Waals surface area (Å²) in [6.45, 7) is 6.41. The number of nitrogens with zero attached hydrogens (tertiary/aromatic N) is 5. The maximum Gasteiger partial charge on any atom is 0.162 e. The first-order chi connectivity index (χ1) is 9.90. The first-order valence-corrected chi connectivity index (χ1v) is 6.83. The van der Waals surface area contributed by atoms with Gasteiger partial charge in [0.2, 0.25) is 0 Å². The predicted molar refractivity (Wildman–Crippen MR) is 81.6 cm³/mol. The van der Waals surface area contributed by atoms with E-state index in [0.717, 1.165) is 22.6 Å². The van der Waals surface area contributed by atoms with Crippen molar-refractivity contribution in [3.05, 3.63) is 36.0 Å². The van der Waals surface area contributed by atoms with E-state index in [1.165, 1.54) is 0 Å². The van der Waals surface area contributed by atoms with Gasteiger partial charge in [0.15, 0.2) is 5.82 Å². The van der Waals surface area contributed by atoms with Crippen molar-refractivity contribution in [2.45, 2.75) is 26.3 Å². The maximum atomic E-state index is 9.05. The Morgan fingerprint density at radius 2 is 1.95 bits per heavy atom. The lowest BCUT2D eigenvalue weighted by Gasteiger charge is -2.24. The van der Waals surface area contributed by atoms with Crippen LogP contribution in [0.15, 0.2) is 30.5 Å². The fraction of sp³-hybridized carbons (Fsp3) is 0.312. The van der Waals surface area contributed by atoms with Gasteiger partial charge >= 0.3 is 0 Å². The Bertz CT molecular complexity index is 855. The van der Waals surface area contributed by atoms with Gasteiger partial charge in [-0.15, -0.1) is 0 Å². The van der Waals surface area contributed by atoms with Crippen molar-refractivity contribution in [3.63, 3.8) is 0 Å². The Morgan fingerprint density at radius 3 is 2.52 bits per heavy atom. The molecule has 3 aromatic rings. The van der Waals surface area contributed by atoms with Crippen LogP contribution >= 0.6 is 0 Å². The number of rotatable bonds is 1. The molecule has 0 aliphatic rings. The van der Waals surface area contributed by atoms with Crippen molar-refractivity contribution in [2.24, 2.45) is 7.05 Å². The van der Waals surface area contributed by atoms with Crippen molar-refractivity contribution >= 4 is 11.0 Å². The second-order valence-electron chi connectivity index (χ2n) is 6.13. The minimum atomic E-state index is -0.129. The average molecular weight is 279 g/mol. The molecule has 0 amide bonds. The second-order valence-corrected chi connectivity index (χ2v) is 6.13. The van der Waals surface area contributed by atoms with Crippen molar-refractivity contribution in [2.75, 3.05) is 0 Å². The zero-order chi connectivity index (χ0) is 15.2. The molecule has 2 heterocycles. The zero-order valence-electron chi connectivity index (χ0n) is 12.6. The van der Waals surface area contributed by atoms with E-state index in [2.05, 4.69) is 36.5 Å². The van der Waals surface area contributed by atoms with Gasteiger partial charge in [0.1, 0.15) is 5.69 Å². The summed E-state index contributed by atoms with van der Waals surface area (Å²) in [5.41, 5.74) is 3.16. The Labute approximate surface area is 123 Å². The van der Waals surface area contributed by atoms with Gasteiger partial charge in [0, 0.05) is 18.8 Å². The smallest absolute Gasteiger partial charge is 0.162 e. The van der Waals surface area contributed by atoms with E-state index < -0.39 is 0 Å². The molecule has 3 rings (SSSR count). The fourth-order valence-corrected chi connectivity index (χ4v) is 2.54. The van der Waals surface area contributed by atoms with Gasteiger partial charge in [-0.2, -0.15) is 10.4 Å². The molecule has 21 heavy (non-hydrogen) atoms. The van der Waals surface area contributed by atoms with Crippen LogP contribution in [0.2, 0.25) is 0 Å². The number of hydrogen-bond acceptors (Lipinski definition) is 3. The van der Waals surface area contributed by atoms with Crippen molar-refractivity contribution < 1.29 is 0 Å². The van der Waals surface area contributed by atoms with Crippen LogP contribution in [0.25, 0.3) is 22.6 Å². The van der Waals surface area contributed by atoms with E-state index in [-0.39, 0.29) is 5.54 Å². The molecule has 106 valence electrons. The molecule has 0 unspecified atom stereocenters. The molecule has 0 bridgehead atoms. The van der Waals surface area contributed by atoms with Gasteiger partial charge in [0.05, 0.1) is 22.7 Å². The molecule has 1 aromatic carbocycles. The number of hydrogen-bond donors (Lipinski definition) is 0. The fourth-order valence-electron chi connectivity index (χ4n) is 2.54. The van der Waals surface area contributed by atoms with Crippen molar-refractivity contribution in [3.8, 4) is 17.6 Å². The number of benzene rings is 1. The van der Waals surface area contributed by atoms with Gasteiger partial charge in [-0.05, 0) is 45.0 Å². The van der Waals surface area contributed by atoms with E-state index in [0.29, 0.717) is 5.56 Å². The highest BCUT2D eigenvalue weighted by Crippen LogP contribution is 2.30. The van der Waals surface area contributed by atoms with Gasteiger partial charge in [-0.3, -0.25) is 4.68 Å². The van der Waals surface area contributed by atoms with Crippen molar-refractivity contribution in [1.29, 1.82) is 5.26 Å². The molecule has 0 N–H and O–H groups in total. The van der Waals surface area contributed by atoms with E-state index in [1.807, 2.05) is 37.5 Å². The molecule has 0 radical (unpaired) electrons. The molecule has 2 aromatic heterocycles. The number of aryl methyl sites for hydroxylation is 1. The molecular weight excluding hydrogens is 262 g/mol. The third-order valence-electron chi connectivity index (χ3n) is 3.40. The third-order valence-corrected chi connectivity index (χ3v) is 3.40. The van der Waals surface area contributed by atoms with E-state index in [4.69, 9.17) is 10.2 Å². The summed E-state index contributed by atoms with van der Waals surface area (Å²) >= 11 is 0. The predicted octanol–water partition coefficient (Wildman–Crippen LogP) is 3.06. The third kappa shape index (κ3) is 2.19. The van der Waals surface area contributed by atoms with E-state index >= 15 is 0 Å². The lowest BCUT2D eigenvalue weighted by molar-refractivity contribution is 0.412. The van der Waals surface area contributed by atoms with Crippen LogP contribution in [0.4, 0.5) is 0 Å². The lowest BCUT2D eigenvalue weighted by Crippen LogP contribution is -2.22. The van der Waals surface area contributed by atoms with Crippen LogP contribution in [-0.2, 0) is 12.6 Å². The molecule has 0 fully saturated rings. The van der Waals surface area contributed by atoms with Crippen LogP contribution in [0.3, 0.4) is 0 Å². The quantitative estimate of drug-likeness (QED) is 0.688. The normalized spacial score (nSPS) is 11.8. The molecular formula is C16H17N5. The van der Waals surface area contributed by atoms with Gasteiger partial charge in [-0.1, -0.05) is 0 Å². The summed E-state index contributed by atoms with van der Waals surface area (Å²) in [5.74, 6) is 0.827. The van der Waals surface area contributed by atoms with Gasteiger partial charge in [-0.25, -0.2) is 4.98 Å². The summed E-state index contributed by atoms with van der Waals surface area (Å²) in [5, 5.41) is 13.5.